The molecule has 0 amide bonds. The Balaban J connectivity index is 1.06. The van der Waals surface area contributed by atoms with Crippen LogP contribution in [0.25, 0.3) is 95.0 Å². The van der Waals surface area contributed by atoms with Crippen molar-refractivity contribution in [3.05, 3.63) is 205 Å². The third kappa shape index (κ3) is 5.48. The van der Waals surface area contributed by atoms with Crippen LogP contribution < -0.4 is 0 Å². The van der Waals surface area contributed by atoms with Gasteiger partial charge in [0.1, 0.15) is 5.69 Å². The largest absolute Gasteiger partial charge is 0.231 e. The van der Waals surface area contributed by atoms with Crippen LogP contribution in [0, 0.1) is 0 Å². The Kier molecular flexibility index (Phi) is 7.80. The van der Waals surface area contributed by atoms with Crippen molar-refractivity contribution in [1.29, 1.82) is 0 Å². The molecule has 1 aliphatic carbocycles. The van der Waals surface area contributed by atoms with Crippen molar-refractivity contribution in [3.8, 4) is 78.7 Å². The van der Waals surface area contributed by atoms with Gasteiger partial charge in [-0.25, -0.2) is 14.5 Å². The van der Waals surface area contributed by atoms with Gasteiger partial charge >= 0.3 is 0 Å². The summed E-state index contributed by atoms with van der Waals surface area (Å²) in [6, 6.07) is 68.8. The highest BCUT2D eigenvalue weighted by Crippen LogP contribution is 2.49. The van der Waals surface area contributed by atoms with E-state index in [0.29, 0.717) is 5.82 Å². The summed E-state index contributed by atoms with van der Waals surface area (Å²) in [7, 11) is 0. The molecule has 3 aromatic heterocycles. The lowest BCUT2D eigenvalue weighted by molar-refractivity contribution is 0.660. The van der Waals surface area contributed by atoms with Gasteiger partial charge in [-0.2, -0.15) is 5.10 Å². The van der Waals surface area contributed by atoms with E-state index in [1.165, 1.54) is 27.6 Å². The predicted molar refractivity (Wildman–Crippen MR) is 238 cm³/mol. The predicted octanol–water partition coefficient (Wildman–Crippen LogP) is 13.6. The fourth-order valence-electron chi connectivity index (χ4n) is 8.91. The topological polar surface area (TPSA) is 43.1 Å². The Labute approximate surface area is 337 Å². The monoisotopic (exact) mass is 742 g/mol. The van der Waals surface area contributed by atoms with Gasteiger partial charge in [-0.05, 0) is 51.4 Å². The number of rotatable bonds is 6. The van der Waals surface area contributed by atoms with Crippen LogP contribution >= 0.6 is 0 Å². The van der Waals surface area contributed by atoms with Gasteiger partial charge in [0.25, 0.3) is 0 Å². The first-order valence-electron chi connectivity index (χ1n) is 19.9. The van der Waals surface area contributed by atoms with Gasteiger partial charge in [-0.1, -0.05) is 190 Å². The molecule has 0 spiro atoms. The van der Waals surface area contributed by atoms with Gasteiger partial charge < -0.3 is 0 Å². The molecule has 4 nitrogen and oxygen atoms in total. The first-order chi connectivity index (χ1) is 28.5. The Hall–Kier alpha value is -7.43. The Morgan fingerprint density at radius 1 is 0.431 bits per heavy atom. The summed E-state index contributed by atoms with van der Waals surface area (Å²) in [5.41, 5.74) is 17.5. The van der Waals surface area contributed by atoms with E-state index < -0.39 is 0 Å². The number of nitrogens with zero attached hydrogens (tertiary/aromatic N) is 4. The molecule has 0 saturated heterocycles. The second kappa shape index (κ2) is 13.4. The molecule has 0 N–H and O–H groups in total. The van der Waals surface area contributed by atoms with E-state index >= 15 is 0 Å². The number of benzene rings is 7. The van der Waals surface area contributed by atoms with Gasteiger partial charge in [-0.3, -0.25) is 0 Å². The zero-order valence-electron chi connectivity index (χ0n) is 32.3. The Morgan fingerprint density at radius 2 is 0.983 bits per heavy atom. The molecule has 3 heterocycles. The van der Waals surface area contributed by atoms with Crippen molar-refractivity contribution in [1.82, 2.24) is 19.6 Å². The Bertz CT molecular complexity index is 3160. The lowest BCUT2D eigenvalue weighted by atomic mass is 9.82. The molecule has 0 atom stereocenters. The summed E-state index contributed by atoms with van der Waals surface area (Å²) in [5.74, 6) is 0.713. The van der Waals surface area contributed by atoms with Gasteiger partial charge in [-0.15, -0.1) is 0 Å². The molecule has 0 fully saturated rings. The van der Waals surface area contributed by atoms with Crippen LogP contribution in [-0.4, -0.2) is 19.6 Å². The quantitative estimate of drug-likeness (QED) is 0.170. The maximum absolute atomic E-state index is 5.40. The van der Waals surface area contributed by atoms with Crippen molar-refractivity contribution in [2.24, 2.45) is 0 Å². The summed E-state index contributed by atoms with van der Waals surface area (Å²) in [6.45, 7) is 4.63. The second-order valence-corrected chi connectivity index (χ2v) is 15.7. The van der Waals surface area contributed by atoms with E-state index in [9.17, 15) is 0 Å². The number of hydrogen-bond acceptors (Lipinski definition) is 3. The molecular weight excluding hydrogens is 705 g/mol. The SMILES string of the molecule is CC1(C)c2ccccc2-c2ccc(-c3nc(-c4ccccc4)cc(-c4ccc(-c5cc6ccccc6c6c(-c7ccccc7)c(-c7ccccc7)nn56)cc4)n3)cc21. The minimum Gasteiger partial charge on any atom is -0.231 e. The third-order valence-electron chi connectivity index (χ3n) is 11.8. The molecule has 58 heavy (non-hydrogen) atoms. The fraction of sp³-hybridized carbons (Fsp3) is 0.0556. The average molecular weight is 743 g/mol. The normalized spacial score (nSPS) is 12.8. The number of aromatic nitrogens is 4. The zero-order valence-corrected chi connectivity index (χ0v) is 32.3. The van der Waals surface area contributed by atoms with Crippen LogP contribution in [-0.2, 0) is 5.41 Å². The number of hydrogen-bond donors (Lipinski definition) is 0. The van der Waals surface area contributed by atoms with E-state index in [1.54, 1.807) is 0 Å². The lowest BCUT2D eigenvalue weighted by Crippen LogP contribution is -2.15. The minimum absolute atomic E-state index is 0.121. The molecule has 0 radical (unpaired) electrons. The second-order valence-electron chi connectivity index (χ2n) is 15.7. The summed E-state index contributed by atoms with van der Waals surface area (Å²) in [6.07, 6.45) is 0. The highest BCUT2D eigenvalue weighted by atomic mass is 15.2. The maximum atomic E-state index is 5.40. The zero-order chi connectivity index (χ0) is 38.8. The standard InChI is InChI=1S/C54H38N4/c1-54(2)45-25-15-14-24-43(45)44-31-30-41(32-46(44)54)53-55-47(35-16-6-3-7-17-35)34-48(56-53)36-26-28-37(29-27-36)49-33-40-22-12-13-23-42(40)52-50(38-18-8-4-9-19-38)51(57-58(49)52)39-20-10-5-11-21-39/h3-34H,1-2H3. The van der Waals surface area contributed by atoms with Crippen LogP contribution in [0.15, 0.2) is 194 Å². The van der Waals surface area contributed by atoms with E-state index in [0.717, 1.165) is 72.6 Å². The van der Waals surface area contributed by atoms with Crippen molar-refractivity contribution in [2.45, 2.75) is 19.3 Å². The first kappa shape index (κ1) is 33.9. The van der Waals surface area contributed by atoms with Crippen LogP contribution in [0.3, 0.4) is 0 Å². The molecule has 274 valence electrons. The van der Waals surface area contributed by atoms with Crippen LogP contribution in [0.2, 0.25) is 0 Å². The number of fused-ring (bicyclic) bond motifs is 6. The average Bonchev–Trinajstić information content (AvgIpc) is 3.80. The van der Waals surface area contributed by atoms with E-state index in [-0.39, 0.29) is 5.41 Å². The summed E-state index contributed by atoms with van der Waals surface area (Å²) < 4.78 is 2.14. The summed E-state index contributed by atoms with van der Waals surface area (Å²) >= 11 is 0. The molecule has 0 unspecified atom stereocenters. The van der Waals surface area contributed by atoms with Gasteiger partial charge in [0.15, 0.2) is 5.82 Å². The van der Waals surface area contributed by atoms with E-state index in [4.69, 9.17) is 15.1 Å². The van der Waals surface area contributed by atoms with Crippen LogP contribution in [0.5, 0.6) is 0 Å². The highest BCUT2D eigenvalue weighted by Gasteiger charge is 2.35. The molecular formula is C54H38N4. The molecule has 10 aromatic rings. The molecule has 4 heteroatoms. The van der Waals surface area contributed by atoms with Crippen molar-refractivity contribution < 1.29 is 0 Å². The highest BCUT2D eigenvalue weighted by molar-refractivity contribution is 6.08. The number of pyridine rings is 1. The van der Waals surface area contributed by atoms with E-state index in [2.05, 4.69) is 206 Å². The van der Waals surface area contributed by atoms with Gasteiger partial charge in [0, 0.05) is 44.2 Å². The minimum atomic E-state index is -0.121. The smallest absolute Gasteiger partial charge is 0.160 e. The fourth-order valence-corrected chi connectivity index (χ4v) is 8.91. The van der Waals surface area contributed by atoms with E-state index in [1.807, 2.05) is 6.07 Å². The van der Waals surface area contributed by atoms with Crippen LogP contribution in [0.4, 0.5) is 0 Å². The Morgan fingerprint density at radius 3 is 1.71 bits per heavy atom. The lowest BCUT2D eigenvalue weighted by Gasteiger charge is -2.21. The van der Waals surface area contributed by atoms with Gasteiger partial charge in [0.05, 0.1) is 22.6 Å². The van der Waals surface area contributed by atoms with Crippen molar-refractivity contribution in [3.63, 3.8) is 0 Å². The molecule has 0 bridgehead atoms. The molecule has 11 rings (SSSR count). The molecule has 1 aliphatic rings. The molecule has 0 aliphatic heterocycles. The van der Waals surface area contributed by atoms with Crippen molar-refractivity contribution in [2.75, 3.05) is 0 Å². The van der Waals surface area contributed by atoms with Gasteiger partial charge in [0.2, 0.25) is 0 Å². The summed E-state index contributed by atoms with van der Waals surface area (Å²) in [5, 5.41) is 7.73. The first-order valence-corrected chi connectivity index (χ1v) is 19.9. The van der Waals surface area contributed by atoms with Crippen molar-refractivity contribution >= 4 is 16.3 Å². The molecule has 7 aromatic carbocycles. The van der Waals surface area contributed by atoms with Crippen LogP contribution in [0.1, 0.15) is 25.0 Å². The molecule has 0 saturated carbocycles. The third-order valence-corrected chi connectivity index (χ3v) is 11.8. The summed E-state index contributed by atoms with van der Waals surface area (Å²) in [4.78, 5) is 10.5. The maximum Gasteiger partial charge on any atom is 0.160 e.